The lowest BCUT2D eigenvalue weighted by molar-refractivity contribution is -0.115. The monoisotopic (exact) mass is 360 g/mol. The highest BCUT2D eigenvalue weighted by Crippen LogP contribution is 2.22. The van der Waals surface area contributed by atoms with Gasteiger partial charge < -0.3 is 9.88 Å². The summed E-state index contributed by atoms with van der Waals surface area (Å²) in [6.07, 6.45) is 5.11. The number of thioether (sulfide) groups is 1. The second-order valence-electron chi connectivity index (χ2n) is 5.90. The van der Waals surface area contributed by atoms with Crippen LogP contribution < -0.4 is 5.32 Å². The van der Waals surface area contributed by atoms with Crippen LogP contribution in [0.4, 0.5) is 5.69 Å². The van der Waals surface area contributed by atoms with Crippen LogP contribution in [0.3, 0.4) is 0 Å². The van der Waals surface area contributed by atoms with Gasteiger partial charge in [-0.25, -0.2) is 0 Å². The Morgan fingerprint density at radius 1 is 1.24 bits per heavy atom. The van der Waals surface area contributed by atoms with Crippen LogP contribution in [0, 0.1) is 0 Å². The van der Waals surface area contributed by atoms with Crippen LogP contribution >= 0.6 is 11.8 Å². The topological polar surface area (TPSA) is 76.9 Å². The van der Waals surface area contributed by atoms with Gasteiger partial charge >= 0.3 is 0 Å². The zero-order valence-corrected chi connectivity index (χ0v) is 15.7. The first-order valence-electron chi connectivity index (χ1n) is 8.47. The Morgan fingerprint density at radius 2 is 1.96 bits per heavy atom. The van der Waals surface area contributed by atoms with Crippen molar-refractivity contribution in [1.29, 1.82) is 0 Å². The van der Waals surface area contributed by atoms with Crippen LogP contribution in [-0.2, 0) is 11.3 Å². The normalized spacial score (nSPS) is 12.0. The highest BCUT2D eigenvalue weighted by molar-refractivity contribution is 8.00. The van der Waals surface area contributed by atoms with E-state index in [1.54, 1.807) is 30.6 Å². The third kappa shape index (κ3) is 5.70. The molecule has 0 aliphatic carbocycles. The standard InChI is InChI=1S/C18H24N4O2S/c1-4-5-6-11-22-12-19-21-18(22)25-14(3)17(24)20-16-9-7-15(8-10-16)13(2)23/h7-10,12,14H,4-6,11H2,1-3H3,(H,20,24)/t14-/m1/s1. The van der Waals surface area contributed by atoms with Gasteiger partial charge in [-0.3, -0.25) is 9.59 Å². The van der Waals surface area contributed by atoms with Gasteiger partial charge in [0, 0.05) is 17.8 Å². The molecule has 1 atom stereocenters. The van der Waals surface area contributed by atoms with Gasteiger partial charge in [0.15, 0.2) is 10.9 Å². The van der Waals surface area contributed by atoms with Crippen molar-refractivity contribution < 1.29 is 9.59 Å². The Kier molecular flexibility index (Phi) is 7.18. The van der Waals surface area contributed by atoms with E-state index in [9.17, 15) is 9.59 Å². The fraction of sp³-hybridized carbons (Fsp3) is 0.444. The summed E-state index contributed by atoms with van der Waals surface area (Å²) in [5.74, 6) is -0.104. The first-order valence-corrected chi connectivity index (χ1v) is 9.35. The minimum Gasteiger partial charge on any atom is -0.325 e. The predicted octanol–water partition coefficient (Wildman–Crippen LogP) is 3.79. The molecule has 1 N–H and O–H groups in total. The Morgan fingerprint density at radius 3 is 2.60 bits per heavy atom. The van der Waals surface area contributed by atoms with Gasteiger partial charge in [0.25, 0.3) is 0 Å². The molecule has 2 aromatic rings. The fourth-order valence-corrected chi connectivity index (χ4v) is 3.12. The van der Waals surface area contributed by atoms with Gasteiger partial charge in [0.2, 0.25) is 5.91 Å². The SMILES string of the molecule is CCCCCn1cnnc1S[C@H](C)C(=O)Nc1ccc(C(C)=O)cc1. The Bertz CT molecular complexity index is 712. The van der Waals surface area contributed by atoms with E-state index in [-0.39, 0.29) is 16.9 Å². The number of carbonyl (C=O) groups excluding carboxylic acids is 2. The number of aromatic nitrogens is 3. The number of nitrogens with zero attached hydrogens (tertiary/aromatic N) is 3. The third-order valence-corrected chi connectivity index (χ3v) is 4.89. The molecule has 0 fully saturated rings. The molecule has 2 rings (SSSR count). The molecule has 7 heteroatoms. The number of hydrogen-bond donors (Lipinski definition) is 1. The van der Waals surface area contributed by atoms with E-state index in [1.165, 1.54) is 18.7 Å². The molecular weight excluding hydrogens is 336 g/mol. The molecule has 1 heterocycles. The summed E-state index contributed by atoms with van der Waals surface area (Å²) in [5, 5.41) is 11.4. The lowest BCUT2D eigenvalue weighted by Crippen LogP contribution is -2.23. The number of anilines is 1. The summed E-state index contributed by atoms with van der Waals surface area (Å²) in [7, 11) is 0. The molecule has 25 heavy (non-hydrogen) atoms. The number of Topliss-reactive ketones (excluding diaryl/α,β-unsaturated/α-hetero) is 1. The lowest BCUT2D eigenvalue weighted by atomic mass is 10.1. The molecule has 0 unspecified atom stereocenters. The average molecular weight is 360 g/mol. The van der Waals surface area contributed by atoms with E-state index in [4.69, 9.17) is 0 Å². The van der Waals surface area contributed by atoms with E-state index in [2.05, 4.69) is 22.4 Å². The van der Waals surface area contributed by atoms with Gasteiger partial charge in [-0.2, -0.15) is 0 Å². The zero-order valence-electron chi connectivity index (χ0n) is 14.9. The van der Waals surface area contributed by atoms with Crippen molar-refractivity contribution in [2.75, 3.05) is 5.32 Å². The maximum absolute atomic E-state index is 12.4. The molecule has 134 valence electrons. The van der Waals surface area contributed by atoms with Crippen LogP contribution in [0.2, 0.25) is 0 Å². The number of nitrogens with one attached hydrogen (secondary N) is 1. The van der Waals surface area contributed by atoms with Crippen molar-refractivity contribution in [2.45, 2.75) is 57.0 Å². The summed E-state index contributed by atoms with van der Waals surface area (Å²) in [4.78, 5) is 23.7. The molecule has 0 saturated heterocycles. The number of amides is 1. The van der Waals surface area contributed by atoms with Crippen molar-refractivity contribution in [1.82, 2.24) is 14.8 Å². The molecule has 1 aromatic heterocycles. The van der Waals surface area contributed by atoms with Crippen LogP contribution in [0.5, 0.6) is 0 Å². The number of aryl methyl sites for hydroxylation is 1. The maximum Gasteiger partial charge on any atom is 0.237 e. The molecule has 1 amide bonds. The molecule has 0 bridgehead atoms. The van der Waals surface area contributed by atoms with E-state index in [0.29, 0.717) is 11.3 Å². The quantitative estimate of drug-likeness (QED) is 0.418. The first-order chi connectivity index (χ1) is 12.0. The number of unbranched alkanes of at least 4 members (excludes halogenated alkanes) is 2. The lowest BCUT2D eigenvalue weighted by Gasteiger charge is -2.12. The Labute approximate surface area is 152 Å². The number of carbonyl (C=O) groups is 2. The van der Waals surface area contributed by atoms with Crippen molar-refractivity contribution in [2.24, 2.45) is 0 Å². The van der Waals surface area contributed by atoms with Gasteiger partial charge in [0.1, 0.15) is 6.33 Å². The van der Waals surface area contributed by atoms with E-state index in [0.717, 1.165) is 31.0 Å². The summed E-state index contributed by atoms with van der Waals surface area (Å²) in [5.41, 5.74) is 1.30. The first kappa shape index (κ1) is 19.2. The maximum atomic E-state index is 12.4. The zero-order chi connectivity index (χ0) is 18.2. The molecule has 1 aromatic carbocycles. The van der Waals surface area contributed by atoms with Crippen molar-refractivity contribution in [3.05, 3.63) is 36.2 Å². The van der Waals surface area contributed by atoms with Gasteiger partial charge in [-0.15, -0.1) is 10.2 Å². The summed E-state index contributed by atoms with van der Waals surface area (Å²) >= 11 is 1.39. The number of hydrogen-bond acceptors (Lipinski definition) is 5. The highest BCUT2D eigenvalue weighted by atomic mass is 32.2. The highest BCUT2D eigenvalue weighted by Gasteiger charge is 2.18. The number of rotatable bonds is 9. The van der Waals surface area contributed by atoms with E-state index in [1.807, 2.05) is 11.5 Å². The van der Waals surface area contributed by atoms with Gasteiger partial charge in [0.05, 0.1) is 5.25 Å². The smallest absolute Gasteiger partial charge is 0.237 e. The Hall–Kier alpha value is -2.15. The number of ketones is 1. The van der Waals surface area contributed by atoms with E-state index < -0.39 is 0 Å². The van der Waals surface area contributed by atoms with Crippen molar-refractivity contribution in [3.8, 4) is 0 Å². The van der Waals surface area contributed by atoms with E-state index >= 15 is 0 Å². The summed E-state index contributed by atoms with van der Waals surface area (Å²) < 4.78 is 1.99. The molecule has 0 saturated carbocycles. The van der Waals surface area contributed by atoms with Crippen molar-refractivity contribution >= 4 is 29.1 Å². The van der Waals surface area contributed by atoms with Crippen LogP contribution in [-0.4, -0.2) is 31.7 Å². The van der Waals surface area contributed by atoms with Crippen LogP contribution in [0.15, 0.2) is 35.7 Å². The predicted molar refractivity (Wildman–Crippen MR) is 99.9 cm³/mol. The summed E-state index contributed by atoms with van der Waals surface area (Å²) in [6, 6.07) is 6.89. The Balaban J connectivity index is 1.92. The molecular formula is C18H24N4O2S. The number of benzene rings is 1. The minimum absolute atomic E-state index is 0.00390. The molecule has 0 spiro atoms. The third-order valence-electron chi connectivity index (χ3n) is 3.79. The largest absolute Gasteiger partial charge is 0.325 e. The van der Waals surface area contributed by atoms with Gasteiger partial charge in [-0.1, -0.05) is 31.5 Å². The fourth-order valence-electron chi connectivity index (χ4n) is 2.26. The molecule has 0 aliphatic rings. The second-order valence-corrected chi connectivity index (χ2v) is 7.20. The second kappa shape index (κ2) is 9.36. The van der Waals surface area contributed by atoms with Crippen LogP contribution in [0.25, 0.3) is 0 Å². The van der Waals surface area contributed by atoms with Crippen molar-refractivity contribution in [3.63, 3.8) is 0 Å². The molecule has 0 radical (unpaired) electrons. The minimum atomic E-state index is -0.304. The molecule has 0 aliphatic heterocycles. The van der Waals surface area contributed by atoms with Crippen LogP contribution in [0.1, 0.15) is 50.4 Å². The average Bonchev–Trinajstić information content (AvgIpc) is 3.02. The summed E-state index contributed by atoms with van der Waals surface area (Å²) in [6.45, 7) is 6.39. The molecule has 6 nitrogen and oxygen atoms in total. The van der Waals surface area contributed by atoms with Gasteiger partial charge in [-0.05, 0) is 44.5 Å².